The zero-order chi connectivity index (χ0) is 43.8. The molecule has 0 heterocycles. The predicted octanol–water partition coefficient (Wildman–Crippen LogP) is 19.0. The summed E-state index contributed by atoms with van der Waals surface area (Å²) in [6.07, 6.45) is 13.1. The van der Waals surface area contributed by atoms with Gasteiger partial charge in [0, 0.05) is 7.26 Å². The topological polar surface area (TPSA) is 0 Å². The van der Waals surface area contributed by atoms with Crippen LogP contribution in [0.15, 0.2) is 140 Å². The molecule has 6 rings (SSSR count). The summed E-state index contributed by atoms with van der Waals surface area (Å²) in [7, 11) is -2.51. The van der Waals surface area contributed by atoms with Crippen LogP contribution in [0, 0.1) is 17.8 Å². The molecule has 1 fully saturated rings. The van der Waals surface area contributed by atoms with Crippen LogP contribution in [-0.4, -0.2) is 31.3 Å². The van der Waals surface area contributed by atoms with Crippen LogP contribution >= 0.6 is 43.0 Å². The molecule has 1 aliphatic rings. The highest BCUT2D eigenvalue weighted by Crippen LogP contribution is 2.67. The molecule has 1 saturated carbocycles. The number of hydrogen-bond donors (Lipinski definition) is 0. The first-order chi connectivity index (χ1) is 28.6. The van der Waals surface area contributed by atoms with E-state index in [1.165, 1.54) is 82.9 Å². The van der Waals surface area contributed by atoms with Gasteiger partial charge in [0.1, 0.15) is 45.7 Å². The molecular weight excluding hydrogens is 860 g/mol. The zero-order valence-electron chi connectivity index (χ0n) is 38.8. The average Bonchev–Trinajstić information content (AvgIpc) is 3.26. The van der Waals surface area contributed by atoms with E-state index >= 15 is 0 Å². The van der Waals surface area contributed by atoms with Crippen LogP contribution in [0.4, 0.5) is 0 Å². The minimum absolute atomic E-state index is 0. The molecule has 63 heavy (non-hydrogen) atoms. The van der Waals surface area contributed by atoms with Crippen LogP contribution in [0.5, 0.6) is 0 Å². The molecule has 0 atom stereocenters. The van der Waals surface area contributed by atoms with Crippen LogP contribution < -0.4 is 15.9 Å². The summed E-state index contributed by atoms with van der Waals surface area (Å²) >= 11 is 12.3. The van der Waals surface area contributed by atoms with Gasteiger partial charge in [-0.1, -0.05) is 167 Å². The second kappa shape index (κ2) is 28.9. The van der Waals surface area contributed by atoms with Crippen molar-refractivity contribution in [3.8, 4) is 0 Å². The van der Waals surface area contributed by atoms with Gasteiger partial charge in [-0.05, 0) is 135 Å². The summed E-state index contributed by atoms with van der Waals surface area (Å²) in [6.45, 7) is 22.9. The molecule has 5 aromatic carbocycles. The van der Waals surface area contributed by atoms with Crippen LogP contribution in [0.3, 0.4) is 0 Å². The summed E-state index contributed by atoms with van der Waals surface area (Å²) in [5.41, 5.74) is 5.81. The Hall–Kier alpha value is -2.03. The summed E-state index contributed by atoms with van der Waals surface area (Å²) < 4.78 is 0. The van der Waals surface area contributed by atoms with Crippen LogP contribution in [0.2, 0.25) is 0 Å². The molecule has 0 aromatic heterocycles. The van der Waals surface area contributed by atoms with E-state index in [9.17, 15) is 0 Å². The summed E-state index contributed by atoms with van der Waals surface area (Å²) in [5.74, 6) is 2.22. The molecule has 1 aliphatic carbocycles. The molecule has 0 N–H and O–H groups in total. The molecule has 0 aliphatic heterocycles. The molecule has 0 bridgehead atoms. The van der Waals surface area contributed by atoms with Gasteiger partial charge in [-0.25, -0.2) is 0 Å². The largest absolute Gasteiger partial charge is 0.208 e. The normalized spacial score (nSPS) is 15.2. The van der Waals surface area contributed by atoms with Crippen molar-refractivity contribution in [2.75, 3.05) is 31.3 Å². The van der Waals surface area contributed by atoms with Gasteiger partial charge in [0.15, 0.2) is 0 Å². The highest BCUT2D eigenvalue weighted by atomic mass is 35.9. The van der Waals surface area contributed by atoms with Crippen molar-refractivity contribution in [2.45, 2.75) is 134 Å². The Balaban J connectivity index is 0.000000503. The van der Waals surface area contributed by atoms with Gasteiger partial charge < -0.3 is 0 Å². The Morgan fingerprint density at radius 1 is 0.476 bits per heavy atom. The van der Waals surface area contributed by atoms with Crippen molar-refractivity contribution in [3.63, 3.8) is 0 Å². The van der Waals surface area contributed by atoms with Crippen molar-refractivity contribution in [1.29, 1.82) is 0 Å². The fourth-order valence-electron chi connectivity index (χ4n) is 8.94. The summed E-state index contributed by atoms with van der Waals surface area (Å²) in [4.78, 5) is 0. The van der Waals surface area contributed by atoms with Crippen molar-refractivity contribution >= 4 is 58.9 Å². The molecule has 348 valence electrons. The van der Waals surface area contributed by atoms with Gasteiger partial charge in [0.25, 0.3) is 0 Å². The minimum atomic E-state index is -1.81. The van der Waals surface area contributed by atoms with Crippen LogP contribution in [0.1, 0.15) is 144 Å². The molecule has 0 saturated heterocycles. The Morgan fingerprint density at radius 3 is 1.10 bits per heavy atom. The number of hydrogen-bond acceptors (Lipinski definition) is 0. The van der Waals surface area contributed by atoms with E-state index in [1.54, 1.807) is 5.56 Å². The lowest BCUT2D eigenvalue weighted by Crippen LogP contribution is -2.32. The fourth-order valence-corrected chi connectivity index (χ4v) is 18.6. The van der Waals surface area contributed by atoms with E-state index < -0.39 is 20.5 Å². The molecule has 0 amide bonds. The third-order valence-electron chi connectivity index (χ3n) is 13.2. The van der Waals surface area contributed by atoms with Gasteiger partial charge in [-0.3, -0.25) is 0 Å². The molecule has 0 radical (unpaired) electrons. The first-order valence-corrected chi connectivity index (χ1v) is 31.7. The maximum Gasteiger partial charge on any atom is 0.208 e. The zero-order valence-corrected chi connectivity index (χ0v) is 43.0. The fraction of sp³-hybridized carbons (Fsp3) is 0.483. The highest BCUT2D eigenvalue weighted by molar-refractivity contribution is 8.16. The van der Waals surface area contributed by atoms with E-state index in [0.717, 1.165) is 30.1 Å². The standard InChI is InChI=1S/C28H28P.C16H28P.C11H22Cl2P.3CH4/c1-23(2)25-20-18-24(19-21-25)22-29(26-12-6-3-7-13-26,27-14-8-4-9-15-27)28-16-10-5-11-17-28;1-6-17(7-2,8-3)13-15-9-11-16(12-10-15)14(4)5;1-9(2)11-6-4-10(5-7-11)8-14(3,12)13;;;/h3-21,23H,22H2,1-2H3;9-12,14H,6-8,13H2,1-5H3;9-11H,4-8H2,1-3H3;3*1H4/q3*+1;;;. The third kappa shape index (κ3) is 17.9. The highest BCUT2D eigenvalue weighted by Gasteiger charge is 2.45. The van der Waals surface area contributed by atoms with E-state index in [2.05, 4.69) is 202 Å². The molecule has 5 aromatic rings. The first-order valence-electron chi connectivity index (χ1n) is 23.0. The Bertz CT molecular complexity index is 1780. The maximum absolute atomic E-state index is 6.14. The quantitative estimate of drug-likeness (QED) is 0.0918. The molecule has 0 nitrogen and oxygen atoms in total. The predicted molar refractivity (Wildman–Crippen MR) is 302 cm³/mol. The Morgan fingerprint density at radius 2 is 0.810 bits per heavy atom. The lowest BCUT2D eigenvalue weighted by Gasteiger charge is -2.30. The first kappa shape index (κ1) is 59.0. The lowest BCUT2D eigenvalue weighted by atomic mass is 9.77. The third-order valence-corrected chi connectivity index (χ3v) is 24.7. The van der Waals surface area contributed by atoms with Gasteiger partial charge in [0.05, 0.1) is 43.6 Å². The molecule has 0 spiro atoms. The van der Waals surface area contributed by atoms with Gasteiger partial charge in [-0.15, -0.1) is 0 Å². The number of rotatable bonds is 15. The number of benzene rings is 5. The second-order valence-corrected chi connectivity index (χ2v) is 34.0. The van der Waals surface area contributed by atoms with Crippen LogP contribution in [0.25, 0.3) is 0 Å². The lowest BCUT2D eigenvalue weighted by molar-refractivity contribution is 0.236. The monoisotopic (exact) mass is 950 g/mol. The van der Waals surface area contributed by atoms with Crippen molar-refractivity contribution in [2.24, 2.45) is 17.8 Å². The van der Waals surface area contributed by atoms with E-state index in [-0.39, 0.29) is 22.3 Å². The van der Waals surface area contributed by atoms with Crippen molar-refractivity contribution in [3.05, 3.63) is 162 Å². The van der Waals surface area contributed by atoms with Crippen molar-refractivity contribution in [1.82, 2.24) is 0 Å². The Labute approximate surface area is 401 Å². The minimum Gasteiger partial charge on any atom is -0.0776 e. The van der Waals surface area contributed by atoms with E-state index in [0.29, 0.717) is 11.8 Å². The van der Waals surface area contributed by atoms with Gasteiger partial charge in [0.2, 0.25) is 5.97 Å². The SMILES string of the molecule is C.C.C.CC(C)C1CCC(C[P+](C)(Cl)Cl)CC1.CC(C)c1ccc(C[P+](c2ccccc2)(c2ccccc2)c2ccccc2)cc1.CC[P+](CC)(CC)Cc1ccc(C(C)C)cc1. The van der Waals surface area contributed by atoms with Gasteiger partial charge in [-0.2, -0.15) is 0 Å². The smallest absolute Gasteiger partial charge is 0.0776 e. The molecular formula is C58H90Cl2P3+3. The number of halogens is 2. The van der Waals surface area contributed by atoms with Crippen molar-refractivity contribution < 1.29 is 0 Å². The van der Waals surface area contributed by atoms with Gasteiger partial charge >= 0.3 is 0 Å². The second-order valence-electron chi connectivity index (χ2n) is 18.4. The average molecular weight is 951 g/mol. The molecule has 0 unspecified atom stereocenters. The summed E-state index contributed by atoms with van der Waals surface area (Å²) in [6, 6.07) is 51.9. The molecule has 5 heteroatoms. The van der Waals surface area contributed by atoms with E-state index in [1.807, 2.05) is 6.66 Å². The van der Waals surface area contributed by atoms with Crippen LogP contribution in [-0.2, 0) is 12.3 Å². The summed E-state index contributed by atoms with van der Waals surface area (Å²) in [5, 5.41) is 4.31. The Kier molecular flexibility index (Phi) is 27.0. The maximum atomic E-state index is 6.14. The van der Waals surface area contributed by atoms with E-state index in [4.69, 9.17) is 22.5 Å².